The van der Waals surface area contributed by atoms with Gasteiger partial charge in [0.1, 0.15) is 4.32 Å². The van der Waals surface area contributed by atoms with E-state index in [0.29, 0.717) is 4.32 Å². The first kappa shape index (κ1) is 16.5. The number of hydrogen-bond acceptors (Lipinski definition) is 2. The molecule has 0 saturated heterocycles. The highest BCUT2D eigenvalue weighted by Crippen LogP contribution is 2.19. The molecule has 2 N–H and O–H groups in total. The predicted octanol–water partition coefficient (Wildman–Crippen LogP) is 5.32. The Kier molecular flexibility index (Phi) is 8.93. The number of nitrogens with two attached hydrogens (primary N) is 1. The fraction of sp³-hybridized carbons (Fsp3) is 0.562. The average molecular weight is 296 g/mol. The monoisotopic (exact) mass is 295 g/mol. The van der Waals surface area contributed by atoms with Crippen molar-refractivity contribution in [3.8, 4) is 0 Å². The average Bonchev–Trinajstić information content (AvgIpc) is 2.39. The van der Waals surface area contributed by atoms with Crippen molar-refractivity contribution in [2.45, 2.75) is 63.2 Å². The van der Waals surface area contributed by atoms with Crippen LogP contribution in [0.5, 0.6) is 0 Å². The van der Waals surface area contributed by atoms with Crippen LogP contribution in [0, 0.1) is 0 Å². The van der Waals surface area contributed by atoms with E-state index in [2.05, 4.69) is 31.2 Å². The lowest BCUT2D eigenvalue weighted by Gasteiger charge is -2.04. The molecule has 0 radical (unpaired) electrons. The maximum absolute atomic E-state index is 5.51. The Morgan fingerprint density at radius 2 is 1.58 bits per heavy atom. The first-order valence-electron chi connectivity index (χ1n) is 7.28. The van der Waals surface area contributed by atoms with Crippen LogP contribution in [0.15, 0.2) is 29.2 Å². The zero-order valence-corrected chi connectivity index (χ0v) is 13.5. The van der Waals surface area contributed by atoms with E-state index in [1.165, 1.54) is 68.7 Å². The molecular formula is C16H25NS2. The molecular weight excluding hydrogens is 270 g/mol. The normalized spacial score (nSPS) is 10.6. The molecule has 0 aliphatic rings. The summed E-state index contributed by atoms with van der Waals surface area (Å²) in [4.78, 5) is 1.14. The third-order valence-electron chi connectivity index (χ3n) is 3.21. The molecule has 0 saturated carbocycles. The molecule has 1 aromatic rings. The number of thiocarbonyl (C=S) groups is 1. The Labute approximate surface area is 127 Å². The first-order chi connectivity index (χ1) is 9.22. The van der Waals surface area contributed by atoms with Crippen molar-refractivity contribution in [3.05, 3.63) is 29.8 Å². The van der Waals surface area contributed by atoms with Gasteiger partial charge in [0.05, 0.1) is 0 Å². The van der Waals surface area contributed by atoms with E-state index in [-0.39, 0.29) is 0 Å². The van der Waals surface area contributed by atoms with Crippen LogP contribution in [0.2, 0.25) is 0 Å². The van der Waals surface area contributed by atoms with Gasteiger partial charge in [0.25, 0.3) is 0 Å². The fourth-order valence-corrected chi connectivity index (χ4v) is 2.92. The van der Waals surface area contributed by atoms with Gasteiger partial charge >= 0.3 is 0 Å². The molecule has 1 rings (SSSR count). The van der Waals surface area contributed by atoms with Gasteiger partial charge in [0.2, 0.25) is 0 Å². The standard InChI is InChI=1S/C16H25NS2/c1-2-3-4-5-6-7-8-9-14-10-12-15(13-11-14)19-16(17)18/h10-13H,2-9H2,1H3,(H2,17,18). The Hall–Kier alpha value is -0.540. The van der Waals surface area contributed by atoms with Crippen LogP contribution in [0.4, 0.5) is 0 Å². The quantitative estimate of drug-likeness (QED) is 0.379. The van der Waals surface area contributed by atoms with Gasteiger partial charge < -0.3 is 5.73 Å². The topological polar surface area (TPSA) is 26.0 Å². The van der Waals surface area contributed by atoms with E-state index in [4.69, 9.17) is 18.0 Å². The molecule has 19 heavy (non-hydrogen) atoms. The second-order valence-electron chi connectivity index (χ2n) is 4.94. The molecule has 1 aromatic carbocycles. The van der Waals surface area contributed by atoms with Crippen molar-refractivity contribution in [1.82, 2.24) is 0 Å². The SMILES string of the molecule is CCCCCCCCCc1ccc(SC(N)=S)cc1. The van der Waals surface area contributed by atoms with Crippen molar-refractivity contribution >= 4 is 28.3 Å². The molecule has 0 aliphatic carbocycles. The van der Waals surface area contributed by atoms with Crippen molar-refractivity contribution in [1.29, 1.82) is 0 Å². The van der Waals surface area contributed by atoms with Crippen LogP contribution >= 0.6 is 24.0 Å². The Bertz CT molecular complexity index is 360. The summed E-state index contributed by atoms with van der Waals surface area (Å²) in [6.45, 7) is 2.26. The van der Waals surface area contributed by atoms with E-state index in [1.807, 2.05) is 0 Å². The van der Waals surface area contributed by atoms with Crippen molar-refractivity contribution < 1.29 is 0 Å². The molecule has 1 nitrogen and oxygen atoms in total. The Morgan fingerprint density at radius 1 is 1.00 bits per heavy atom. The van der Waals surface area contributed by atoms with E-state index in [1.54, 1.807) is 0 Å². The summed E-state index contributed by atoms with van der Waals surface area (Å²) in [5, 5.41) is 0. The summed E-state index contributed by atoms with van der Waals surface area (Å²) >= 11 is 6.34. The summed E-state index contributed by atoms with van der Waals surface area (Å²) in [6.07, 6.45) is 10.7. The number of thioether (sulfide) groups is 1. The largest absolute Gasteiger partial charge is 0.384 e. The summed E-state index contributed by atoms with van der Waals surface area (Å²) in [5.74, 6) is 0. The number of benzene rings is 1. The van der Waals surface area contributed by atoms with E-state index < -0.39 is 0 Å². The van der Waals surface area contributed by atoms with E-state index in [0.717, 1.165) is 4.90 Å². The van der Waals surface area contributed by atoms with Crippen molar-refractivity contribution in [3.63, 3.8) is 0 Å². The van der Waals surface area contributed by atoms with Gasteiger partial charge in [-0.05, 0) is 30.5 Å². The highest BCUT2D eigenvalue weighted by molar-refractivity contribution is 8.22. The van der Waals surface area contributed by atoms with Crippen LogP contribution in [0.25, 0.3) is 0 Å². The minimum Gasteiger partial charge on any atom is -0.384 e. The summed E-state index contributed by atoms with van der Waals surface area (Å²) in [6, 6.07) is 8.61. The van der Waals surface area contributed by atoms with Gasteiger partial charge in [-0.2, -0.15) is 0 Å². The molecule has 0 aromatic heterocycles. The van der Waals surface area contributed by atoms with E-state index in [9.17, 15) is 0 Å². The van der Waals surface area contributed by atoms with E-state index >= 15 is 0 Å². The maximum Gasteiger partial charge on any atom is 0.135 e. The van der Waals surface area contributed by atoms with Crippen LogP contribution in [0.3, 0.4) is 0 Å². The van der Waals surface area contributed by atoms with Crippen LogP contribution in [0.1, 0.15) is 57.4 Å². The molecule has 3 heteroatoms. The lowest BCUT2D eigenvalue weighted by molar-refractivity contribution is 0.589. The zero-order valence-electron chi connectivity index (χ0n) is 11.9. The number of hydrogen-bond donors (Lipinski definition) is 1. The van der Waals surface area contributed by atoms with Crippen LogP contribution in [-0.4, -0.2) is 4.32 Å². The maximum atomic E-state index is 5.51. The summed E-state index contributed by atoms with van der Waals surface area (Å²) < 4.78 is 0.486. The third-order valence-corrected chi connectivity index (χ3v) is 4.17. The second kappa shape index (κ2) is 10.3. The Morgan fingerprint density at radius 3 is 2.16 bits per heavy atom. The van der Waals surface area contributed by atoms with Gasteiger partial charge in [-0.1, -0.05) is 81.6 Å². The molecule has 0 aliphatic heterocycles. The highest BCUT2D eigenvalue weighted by atomic mass is 32.2. The van der Waals surface area contributed by atoms with Crippen molar-refractivity contribution in [2.75, 3.05) is 0 Å². The molecule has 0 heterocycles. The lowest BCUT2D eigenvalue weighted by Crippen LogP contribution is -2.00. The highest BCUT2D eigenvalue weighted by Gasteiger charge is 1.98. The molecule has 0 atom stereocenters. The molecule has 0 spiro atoms. The molecule has 0 unspecified atom stereocenters. The van der Waals surface area contributed by atoms with Gasteiger partial charge in [-0.3, -0.25) is 0 Å². The first-order valence-corrected chi connectivity index (χ1v) is 8.51. The molecule has 106 valence electrons. The van der Waals surface area contributed by atoms with Crippen LogP contribution in [-0.2, 0) is 6.42 Å². The predicted molar refractivity (Wildman–Crippen MR) is 90.8 cm³/mol. The van der Waals surface area contributed by atoms with Gasteiger partial charge in [0.15, 0.2) is 0 Å². The molecule has 0 amide bonds. The second-order valence-corrected chi connectivity index (χ2v) is 6.75. The lowest BCUT2D eigenvalue weighted by atomic mass is 10.0. The fourth-order valence-electron chi connectivity index (χ4n) is 2.13. The number of rotatable bonds is 9. The minimum atomic E-state index is 0.486. The molecule has 0 fully saturated rings. The number of unbranched alkanes of at least 4 members (excludes halogenated alkanes) is 6. The van der Waals surface area contributed by atoms with Gasteiger partial charge in [0, 0.05) is 4.90 Å². The zero-order chi connectivity index (χ0) is 13.9. The van der Waals surface area contributed by atoms with Gasteiger partial charge in [-0.15, -0.1) is 0 Å². The number of aryl methyl sites for hydroxylation is 1. The minimum absolute atomic E-state index is 0.486. The van der Waals surface area contributed by atoms with Crippen molar-refractivity contribution in [2.24, 2.45) is 5.73 Å². The molecule has 0 bridgehead atoms. The van der Waals surface area contributed by atoms with Crippen LogP contribution < -0.4 is 5.73 Å². The third kappa shape index (κ3) is 8.27. The van der Waals surface area contributed by atoms with Gasteiger partial charge in [-0.25, -0.2) is 0 Å². The summed E-state index contributed by atoms with van der Waals surface area (Å²) in [7, 11) is 0. The Balaban J connectivity index is 2.14. The summed E-state index contributed by atoms with van der Waals surface area (Å²) in [5.41, 5.74) is 6.92. The smallest absolute Gasteiger partial charge is 0.135 e.